The van der Waals surface area contributed by atoms with Crippen LogP contribution in [0.5, 0.6) is 5.75 Å². The molecule has 2 fully saturated rings. The number of carbonyl (C=O) groups is 4. The molecule has 0 radical (unpaired) electrons. The van der Waals surface area contributed by atoms with Crippen molar-refractivity contribution in [3.8, 4) is 28.1 Å². The van der Waals surface area contributed by atoms with Gasteiger partial charge in [-0.3, -0.25) is 9.59 Å². The Labute approximate surface area is 353 Å². The van der Waals surface area contributed by atoms with E-state index in [0.29, 0.717) is 24.7 Å². The van der Waals surface area contributed by atoms with Crippen LogP contribution in [-0.2, 0) is 25.7 Å². The molecule has 0 aliphatic carbocycles. The molecule has 5 aromatic rings. The number of nitrogens with one attached hydrogen (secondary N) is 4. The molecule has 2 saturated heterocycles. The summed E-state index contributed by atoms with van der Waals surface area (Å²) in [5.74, 6) is 0.723. The van der Waals surface area contributed by atoms with Crippen LogP contribution in [0.2, 0.25) is 0 Å². The molecule has 0 saturated carbocycles. The van der Waals surface area contributed by atoms with Crippen LogP contribution in [0.1, 0.15) is 89.6 Å². The number of H-pyrrole nitrogens is 2. The average Bonchev–Trinajstić information content (AvgIpc) is 4.07. The molecule has 5 heterocycles. The Balaban J connectivity index is 1.04. The first-order valence-electron chi connectivity index (χ1n) is 21.0. The lowest BCUT2D eigenvalue weighted by molar-refractivity contribution is -0.141. The molecule has 3 aliphatic heterocycles. The number of alkyl carbamates (subject to hydrolysis) is 2. The largest absolute Gasteiger partial charge is 0.488 e. The van der Waals surface area contributed by atoms with Crippen molar-refractivity contribution in [1.29, 1.82) is 0 Å². The van der Waals surface area contributed by atoms with Crippen LogP contribution in [-0.4, -0.2) is 104 Å². The summed E-state index contributed by atoms with van der Waals surface area (Å²) in [6, 6.07) is 13.1. The lowest BCUT2D eigenvalue weighted by atomic mass is 9.92. The predicted octanol–water partition coefficient (Wildman–Crippen LogP) is 6.50. The van der Waals surface area contributed by atoms with Crippen molar-refractivity contribution in [3.05, 3.63) is 65.9 Å². The number of aliphatic hydroxyl groups excluding tert-OH is 1. The summed E-state index contributed by atoms with van der Waals surface area (Å²) in [4.78, 5) is 72.1. The first-order valence-corrected chi connectivity index (χ1v) is 21.0. The average molecular weight is 835 g/mol. The molecule has 16 heteroatoms. The molecule has 7 atom stereocenters. The second kappa shape index (κ2) is 16.7. The van der Waals surface area contributed by atoms with E-state index in [2.05, 4.69) is 55.7 Å². The molecule has 8 rings (SSSR count). The van der Waals surface area contributed by atoms with Crippen molar-refractivity contribution in [3.63, 3.8) is 0 Å². The molecule has 2 aromatic heterocycles. The Morgan fingerprint density at radius 2 is 1.57 bits per heavy atom. The standard InChI is InChI=1S/C45H54N8O8/c1-22(2)38(51-45(58)60-7)43(56)53-24(4)8-14-35(53)40-46-20-34(49-40)27-10-12-29-28(16-27)21-61-37-18-30-26(17-31(29)37)11-13-33-39(30)50-41(48-33)36-15-9-23(3)52(36)42(55)32(25(5)54)19-47-44(57)59-6/h10-13,16-18,20,22-25,32,35-36,38,54H,8-9,14-15,19,21H2,1-7H3,(H,46,49)(H,47,57)(H,48,50)(H,51,58)/t23-,24-,25+,32-,35-,36-,38-/m0/s1. The predicted molar refractivity (Wildman–Crippen MR) is 227 cm³/mol. The summed E-state index contributed by atoms with van der Waals surface area (Å²) in [5.41, 5.74) is 6.46. The Morgan fingerprint density at radius 3 is 2.26 bits per heavy atom. The summed E-state index contributed by atoms with van der Waals surface area (Å²) in [6.07, 6.45) is 2.55. The molecular weight excluding hydrogens is 781 g/mol. The lowest BCUT2D eigenvalue weighted by Crippen LogP contribution is -2.52. The first kappa shape index (κ1) is 41.6. The molecule has 0 unspecified atom stereocenters. The maximum atomic E-state index is 13.9. The van der Waals surface area contributed by atoms with Gasteiger partial charge in [-0.05, 0) is 98.7 Å². The summed E-state index contributed by atoms with van der Waals surface area (Å²) in [5, 5.41) is 17.7. The SMILES string of the molecule is COC(=O)NC[C@H](C(=O)N1[C@@H](C)CC[C@H]1c1nc2c(ccc3cc4c(cc32)OCc2cc(-c3cnc([C@@H]5CC[C@H](C)N5C(=O)[C@@H](NC(=O)OC)C(C)C)[nH]3)ccc2-4)[nH]1)[C@@H](C)O. The number of carbonyl (C=O) groups excluding carboxylic acids is 4. The molecule has 16 nitrogen and oxygen atoms in total. The number of aromatic nitrogens is 4. The number of likely N-dealkylation sites (tertiary alicyclic amines) is 2. The Kier molecular flexibility index (Phi) is 11.4. The molecule has 61 heavy (non-hydrogen) atoms. The van der Waals surface area contributed by atoms with E-state index in [1.54, 1.807) is 18.0 Å². The number of aromatic amines is 2. The van der Waals surface area contributed by atoms with Gasteiger partial charge in [0.1, 0.15) is 30.0 Å². The van der Waals surface area contributed by atoms with Gasteiger partial charge in [-0.25, -0.2) is 19.6 Å². The topological polar surface area (TPSA) is 204 Å². The smallest absolute Gasteiger partial charge is 0.407 e. The van der Waals surface area contributed by atoms with E-state index in [0.717, 1.165) is 74.8 Å². The molecule has 5 N–H and O–H groups in total. The fourth-order valence-electron chi connectivity index (χ4n) is 9.31. The number of fused-ring (bicyclic) bond motifs is 6. The summed E-state index contributed by atoms with van der Waals surface area (Å²) >= 11 is 0. The van der Waals surface area contributed by atoms with Crippen LogP contribution < -0.4 is 15.4 Å². The second-order valence-electron chi connectivity index (χ2n) is 16.9. The van der Waals surface area contributed by atoms with Gasteiger partial charge < -0.3 is 49.7 Å². The normalized spacial score (nSPS) is 21.1. The zero-order chi connectivity index (χ0) is 43.3. The van der Waals surface area contributed by atoms with Gasteiger partial charge in [0.05, 0.1) is 61.2 Å². The second-order valence-corrected chi connectivity index (χ2v) is 16.9. The highest BCUT2D eigenvalue weighted by Gasteiger charge is 2.43. The van der Waals surface area contributed by atoms with Crippen LogP contribution in [0.3, 0.4) is 0 Å². The number of methoxy groups -OCH3 is 2. The third kappa shape index (κ3) is 7.73. The minimum atomic E-state index is -0.988. The number of aliphatic hydroxyl groups is 1. The van der Waals surface area contributed by atoms with Gasteiger partial charge in [0.25, 0.3) is 0 Å². The minimum absolute atomic E-state index is 0.0223. The van der Waals surface area contributed by atoms with Crippen LogP contribution in [0.25, 0.3) is 44.2 Å². The van der Waals surface area contributed by atoms with E-state index in [1.165, 1.54) is 14.2 Å². The van der Waals surface area contributed by atoms with E-state index in [9.17, 15) is 24.3 Å². The van der Waals surface area contributed by atoms with Crippen LogP contribution in [0, 0.1) is 11.8 Å². The summed E-state index contributed by atoms with van der Waals surface area (Å²) in [7, 11) is 2.54. The van der Waals surface area contributed by atoms with Crippen molar-refractivity contribution >= 4 is 45.8 Å². The number of benzene rings is 3. The number of ether oxygens (including phenoxy) is 3. The number of hydrogen-bond acceptors (Lipinski definition) is 10. The lowest BCUT2D eigenvalue weighted by Gasteiger charge is -2.32. The molecule has 322 valence electrons. The number of rotatable bonds is 10. The Bertz CT molecular complexity index is 2490. The number of imidazole rings is 2. The van der Waals surface area contributed by atoms with E-state index in [1.807, 2.05) is 44.7 Å². The quantitative estimate of drug-likeness (QED) is 0.103. The fraction of sp³-hybridized carbons (Fsp3) is 0.467. The molecule has 3 aliphatic rings. The molecular formula is C45H54N8O8. The van der Waals surface area contributed by atoms with E-state index < -0.39 is 30.3 Å². The van der Waals surface area contributed by atoms with Gasteiger partial charge in [-0.15, -0.1) is 0 Å². The first-order chi connectivity index (χ1) is 29.3. The maximum absolute atomic E-state index is 13.9. The van der Waals surface area contributed by atoms with Crippen molar-refractivity contribution in [2.75, 3.05) is 20.8 Å². The van der Waals surface area contributed by atoms with Gasteiger partial charge in [0.2, 0.25) is 11.8 Å². The summed E-state index contributed by atoms with van der Waals surface area (Å²) in [6.45, 7) is 9.68. The fourth-order valence-corrected chi connectivity index (χ4v) is 9.31. The van der Waals surface area contributed by atoms with Gasteiger partial charge >= 0.3 is 12.2 Å². The monoisotopic (exact) mass is 834 g/mol. The van der Waals surface area contributed by atoms with Crippen molar-refractivity contribution in [1.82, 2.24) is 40.4 Å². The molecule has 3 aromatic carbocycles. The van der Waals surface area contributed by atoms with Crippen molar-refractivity contribution in [2.24, 2.45) is 11.8 Å². The van der Waals surface area contributed by atoms with Crippen molar-refractivity contribution < 1.29 is 38.5 Å². The van der Waals surface area contributed by atoms with E-state index >= 15 is 0 Å². The van der Waals surface area contributed by atoms with Crippen LogP contribution >= 0.6 is 0 Å². The molecule has 0 bridgehead atoms. The highest BCUT2D eigenvalue weighted by Crippen LogP contribution is 2.44. The Hall–Kier alpha value is -6.16. The van der Waals surface area contributed by atoms with Crippen LogP contribution in [0.4, 0.5) is 9.59 Å². The molecule has 0 spiro atoms. The van der Waals surface area contributed by atoms with E-state index in [-0.39, 0.29) is 48.4 Å². The van der Waals surface area contributed by atoms with Crippen LogP contribution in [0.15, 0.2) is 48.7 Å². The van der Waals surface area contributed by atoms with Gasteiger partial charge in [-0.2, -0.15) is 0 Å². The molecule has 4 amide bonds. The number of nitrogens with zero attached hydrogens (tertiary/aromatic N) is 4. The van der Waals surface area contributed by atoms with Crippen molar-refractivity contribution in [2.45, 2.75) is 103 Å². The van der Waals surface area contributed by atoms with E-state index in [4.69, 9.17) is 19.4 Å². The zero-order valence-electron chi connectivity index (χ0n) is 35.6. The zero-order valence-corrected chi connectivity index (χ0v) is 35.6. The highest BCUT2D eigenvalue weighted by atomic mass is 16.5. The third-order valence-electron chi connectivity index (χ3n) is 12.7. The van der Waals surface area contributed by atoms with Gasteiger partial charge in [-0.1, -0.05) is 32.0 Å². The third-order valence-corrected chi connectivity index (χ3v) is 12.7. The van der Waals surface area contributed by atoms with Gasteiger partial charge in [0.15, 0.2) is 0 Å². The maximum Gasteiger partial charge on any atom is 0.407 e. The highest BCUT2D eigenvalue weighted by molar-refractivity contribution is 6.07. The number of amides is 4. The summed E-state index contributed by atoms with van der Waals surface area (Å²) < 4.78 is 15.9. The number of hydrogen-bond donors (Lipinski definition) is 5. The minimum Gasteiger partial charge on any atom is -0.488 e. The van der Waals surface area contributed by atoms with Gasteiger partial charge in [0, 0.05) is 29.6 Å². The Morgan fingerprint density at radius 1 is 0.869 bits per heavy atom.